The summed E-state index contributed by atoms with van der Waals surface area (Å²) in [5.74, 6) is 1.03. The minimum atomic E-state index is -0.401. The molecule has 0 aliphatic heterocycles. The van der Waals surface area contributed by atoms with E-state index in [4.69, 9.17) is 0 Å². The number of carbonyl (C=O) groups is 1. The van der Waals surface area contributed by atoms with Crippen LogP contribution in [0.2, 0.25) is 0 Å². The number of aliphatic hydroxyl groups excluding tert-OH is 1. The fourth-order valence-electron chi connectivity index (χ4n) is 2.22. The number of rotatable bonds is 6. The number of benzene rings is 1. The fraction of sp³-hybridized carbons (Fsp3) is 0.412. The van der Waals surface area contributed by atoms with Gasteiger partial charge in [0.1, 0.15) is 5.82 Å². The lowest BCUT2D eigenvalue weighted by atomic mass is 10.0. The number of carbonyl (C=O) groups excluding carboxylic acids is 1. The molecule has 1 unspecified atom stereocenters. The van der Waals surface area contributed by atoms with E-state index >= 15 is 0 Å². The first kappa shape index (κ1) is 17.0. The number of hydrogen-bond donors (Lipinski definition) is 3. The molecule has 6 nitrogen and oxygen atoms in total. The minimum Gasteiger partial charge on any atom is -0.393 e. The Hall–Kier alpha value is -2.34. The number of amides is 2. The van der Waals surface area contributed by atoms with Crippen LogP contribution in [0.5, 0.6) is 0 Å². The lowest BCUT2D eigenvalue weighted by Gasteiger charge is -2.14. The van der Waals surface area contributed by atoms with Crippen LogP contribution in [-0.2, 0) is 7.05 Å². The van der Waals surface area contributed by atoms with Gasteiger partial charge in [0.25, 0.3) is 0 Å². The van der Waals surface area contributed by atoms with Gasteiger partial charge in [-0.15, -0.1) is 0 Å². The Morgan fingerprint density at radius 2 is 2.17 bits per heavy atom. The summed E-state index contributed by atoms with van der Waals surface area (Å²) >= 11 is 0. The normalized spacial score (nSPS) is 12.2. The minimum absolute atomic E-state index is 0.189. The molecule has 2 amide bonds. The van der Waals surface area contributed by atoms with Crippen LogP contribution in [0.25, 0.3) is 11.4 Å². The summed E-state index contributed by atoms with van der Waals surface area (Å²) in [6.45, 7) is 4.34. The zero-order chi connectivity index (χ0) is 16.8. The van der Waals surface area contributed by atoms with Gasteiger partial charge in [-0.2, -0.15) is 0 Å². The first-order valence-corrected chi connectivity index (χ1v) is 7.78. The second-order valence-corrected chi connectivity index (χ2v) is 5.92. The molecule has 3 N–H and O–H groups in total. The molecule has 0 aliphatic rings. The number of nitrogens with zero attached hydrogens (tertiary/aromatic N) is 2. The molecule has 0 aliphatic carbocycles. The van der Waals surface area contributed by atoms with Crippen molar-refractivity contribution in [3.63, 3.8) is 0 Å². The van der Waals surface area contributed by atoms with E-state index in [1.807, 2.05) is 55.9 Å². The van der Waals surface area contributed by atoms with Gasteiger partial charge >= 0.3 is 6.03 Å². The van der Waals surface area contributed by atoms with Crippen LogP contribution in [0.3, 0.4) is 0 Å². The van der Waals surface area contributed by atoms with E-state index in [0.29, 0.717) is 18.7 Å². The molecule has 0 bridgehead atoms. The zero-order valence-corrected chi connectivity index (χ0v) is 13.8. The summed E-state index contributed by atoms with van der Waals surface area (Å²) in [4.78, 5) is 16.2. The van der Waals surface area contributed by atoms with E-state index in [9.17, 15) is 9.90 Å². The van der Waals surface area contributed by atoms with Gasteiger partial charge < -0.3 is 20.3 Å². The van der Waals surface area contributed by atoms with Crippen LogP contribution in [0.4, 0.5) is 10.5 Å². The van der Waals surface area contributed by atoms with Crippen LogP contribution in [0.1, 0.15) is 20.3 Å². The van der Waals surface area contributed by atoms with Crippen molar-refractivity contribution in [1.29, 1.82) is 0 Å². The highest BCUT2D eigenvalue weighted by Gasteiger charge is 2.10. The molecule has 0 saturated carbocycles. The molecule has 1 aromatic heterocycles. The van der Waals surface area contributed by atoms with Gasteiger partial charge in [-0.1, -0.05) is 26.0 Å². The van der Waals surface area contributed by atoms with Crippen molar-refractivity contribution >= 4 is 11.7 Å². The average molecular weight is 316 g/mol. The van der Waals surface area contributed by atoms with E-state index in [-0.39, 0.29) is 11.9 Å². The maximum absolute atomic E-state index is 11.9. The lowest BCUT2D eigenvalue weighted by Crippen LogP contribution is -2.32. The molecular weight excluding hydrogens is 292 g/mol. The molecule has 1 atom stereocenters. The van der Waals surface area contributed by atoms with Crippen molar-refractivity contribution in [2.24, 2.45) is 13.0 Å². The number of anilines is 1. The summed E-state index contributed by atoms with van der Waals surface area (Å²) in [5, 5.41) is 15.3. The van der Waals surface area contributed by atoms with Crippen LogP contribution in [0.15, 0.2) is 36.7 Å². The molecule has 2 aromatic rings. The molecule has 1 heterocycles. The van der Waals surface area contributed by atoms with E-state index in [0.717, 1.165) is 11.4 Å². The number of aryl methyl sites for hydroxylation is 1. The van der Waals surface area contributed by atoms with Gasteiger partial charge in [0.2, 0.25) is 0 Å². The van der Waals surface area contributed by atoms with Gasteiger partial charge in [-0.25, -0.2) is 9.78 Å². The quantitative estimate of drug-likeness (QED) is 0.766. The summed E-state index contributed by atoms with van der Waals surface area (Å²) < 4.78 is 1.92. The van der Waals surface area contributed by atoms with Crippen LogP contribution in [0, 0.1) is 5.92 Å². The smallest absolute Gasteiger partial charge is 0.319 e. The first-order chi connectivity index (χ1) is 11.0. The Kier molecular flexibility index (Phi) is 5.76. The van der Waals surface area contributed by atoms with Gasteiger partial charge in [0, 0.05) is 37.2 Å². The predicted molar refractivity (Wildman–Crippen MR) is 91.1 cm³/mol. The molecule has 2 rings (SSSR count). The monoisotopic (exact) mass is 316 g/mol. The Labute approximate surface area is 136 Å². The van der Waals surface area contributed by atoms with Gasteiger partial charge in [0.15, 0.2) is 0 Å². The highest BCUT2D eigenvalue weighted by Crippen LogP contribution is 2.20. The zero-order valence-electron chi connectivity index (χ0n) is 13.8. The first-order valence-electron chi connectivity index (χ1n) is 7.78. The van der Waals surface area contributed by atoms with Crippen molar-refractivity contribution in [3.8, 4) is 11.4 Å². The average Bonchev–Trinajstić information content (AvgIpc) is 2.93. The number of imidazole rings is 1. The summed E-state index contributed by atoms with van der Waals surface area (Å²) in [6, 6.07) is 7.25. The van der Waals surface area contributed by atoms with Gasteiger partial charge in [0.05, 0.1) is 6.10 Å². The maximum Gasteiger partial charge on any atom is 0.319 e. The van der Waals surface area contributed by atoms with Crippen LogP contribution >= 0.6 is 0 Å². The van der Waals surface area contributed by atoms with Crippen molar-refractivity contribution in [2.75, 3.05) is 11.9 Å². The summed E-state index contributed by atoms with van der Waals surface area (Å²) in [6.07, 6.45) is 3.75. The van der Waals surface area contributed by atoms with Crippen LogP contribution < -0.4 is 10.6 Å². The number of aromatic nitrogens is 2. The summed E-state index contributed by atoms with van der Waals surface area (Å²) in [5.41, 5.74) is 1.64. The number of urea groups is 1. The molecular formula is C17H24N4O2. The highest BCUT2D eigenvalue weighted by atomic mass is 16.3. The van der Waals surface area contributed by atoms with E-state index in [2.05, 4.69) is 15.6 Å². The van der Waals surface area contributed by atoms with Crippen molar-refractivity contribution < 1.29 is 9.90 Å². The fourth-order valence-corrected chi connectivity index (χ4v) is 2.22. The standard InChI is InChI=1S/C17H24N4O2/c1-12(2)15(22)7-8-19-17(23)20-14-6-4-5-13(11-14)16-18-9-10-21(16)3/h4-6,9-12,15,22H,7-8H2,1-3H3,(H2,19,20,23). The third-order valence-corrected chi connectivity index (χ3v) is 3.70. The molecule has 0 radical (unpaired) electrons. The highest BCUT2D eigenvalue weighted by molar-refractivity contribution is 5.89. The molecule has 23 heavy (non-hydrogen) atoms. The molecule has 0 spiro atoms. The van der Waals surface area contributed by atoms with Crippen molar-refractivity contribution in [1.82, 2.24) is 14.9 Å². The Bertz CT molecular complexity index is 652. The van der Waals surface area contributed by atoms with E-state index in [1.54, 1.807) is 6.20 Å². The summed E-state index contributed by atoms with van der Waals surface area (Å²) in [7, 11) is 1.93. The molecule has 6 heteroatoms. The largest absolute Gasteiger partial charge is 0.393 e. The second kappa shape index (κ2) is 7.78. The van der Waals surface area contributed by atoms with Crippen molar-refractivity contribution in [2.45, 2.75) is 26.4 Å². The molecule has 124 valence electrons. The Balaban J connectivity index is 1.90. The Morgan fingerprint density at radius 1 is 1.39 bits per heavy atom. The number of hydrogen-bond acceptors (Lipinski definition) is 3. The number of nitrogens with one attached hydrogen (secondary N) is 2. The molecule has 0 fully saturated rings. The lowest BCUT2D eigenvalue weighted by molar-refractivity contribution is 0.117. The van der Waals surface area contributed by atoms with Gasteiger partial charge in [-0.05, 0) is 24.5 Å². The van der Waals surface area contributed by atoms with E-state index in [1.165, 1.54) is 0 Å². The SMILES string of the molecule is CC(C)C(O)CCNC(=O)Nc1cccc(-c2nccn2C)c1. The predicted octanol–water partition coefficient (Wildman–Crippen LogP) is 2.62. The van der Waals surface area contributed by atoms with E-state index < -0.39 is 6.10 Å². The maximum atomic E-state index is 11.9. The third kappa shape index (κ3) is 4.82. The molecule has 1 aromatic carbocycles. The van der Waals surface area contributed by atoms with Crippen molar-refractivity contribution in [3.05, 3.63) is 36.7 Å². The van der Waals surface area contributed by atoms with Crippen LogP contribution in [-0.4, -0.2) is 33.3 Å². The number of aliphatic hydroxyl groups is 1. The Morgan fingerprint density at radius 3 is 2.83 bits per heavy atom. The van der Waals surface area contributed by atoms with Gasteiger partial charge in [-0.3, -0.25) is 0 Å². The topological polar surface area (TPSA) is 79.2 Å². The second-order valence-electron chi connectivity index (χ2n) is 5.92. The molecule has 0 saturated heterocycles. The third-order valence-electron chi connectivity index (χ3n) is 3.70.